The summed E-state index contributed by atoms with van der Waals surface area (Å²) >= 11 is 0. The topological polar surface area (TPSA) is 38.5 Å². The average molecular weight is 294 g/mol. The molecule has 0 radical (unpaired) electrons. The number of hydrogen-bond donors (Lipinski definition) is 1. The van der Waals surface area contributed by atoms with Crippen LogP contribution in [-0.4, -0.2) is 39.0 Å². The lowest BCUT2D eigenvalue weighted by Gasteiger charge is -2.25. The third kappa shape index (κ3) is 6.21. The van der Waals surface area contributed by atoms with Crippen LogP contribution in [0.15, 0.2) is 24.3 Å². The van der Waals surface area contributed by atoms with Gasteiger partial charge >= 0.3 is 6.18 Å². The lowest BCUT2D eigenvalue weighted by molar-refractivity contribution is -0.173. The zero-order valence-electron chi connectivity index (χ0n) is 11.0. The smallest absolute Gasteiger partial charge is 0.370 e. The van der Waals surface area contributed by atoms with Crippen molar-refractivity contribution in [3.05, 3.63) is 30.1 Å². The molecule has 20 heavy (non-hydrogen) atoms. The molecule has 0 atom stereocenters. The number of benzene rings is 1. The summed E-state index contributed by atoms with van der Waals surface area (Å²) in [5.41, 5.74) is 5.75. The SMILES string of the molecule is NCCCN(CCOCC(F)(F)F)c1ccccc1F. The molecule has 1 aromatic carbocycles. The Labute approximate surface area is 115 Å². The van der Waals surface area contributed by atoms with Gasteiger partial charge in [0.1, 0.15) is 12.4 Å². The van der Waals surface area contributed by atoms with Crippen molar-refractivity contribution in [2.24, 2.45) is 5.73 Å². The fraction of sp³-hybridized carbons (Fsp3) is 0.538. The first-order valence-electron chi connectivity index (χ1n) is 6.28. The van der Waals surface area contributed by atoms with Crippen LogP contribution in [0, 0.1) is 5.82 Å². The van der Waals surface area contributed by atoms with Crippen molar-refractivity contribution >= 4 is 5.69 Å². The van der Waals surface area contributed by atoms with Crippen LogP contribution in [0.4, 0.5) is 23.2 Å². The second kappa shape index (κ2) is 8.06. The van der Waals surface area contributed by atoms with Crippen molar-refractivity contribution < 1.29 is 22.3 Å². The Hall–Kier alpha value is -1.34. The van der Waals surface area contributed by atoms with Crippen molar-refractivity contribution in [2.45, 2.75) is 12.6 Å². The molecule has 0 unspecified atom stereocenters. The first kappa shape index (κ1) is 16.7. The molecule has 0 aliphatic carbocycles. The van der Waals surface area contributed by atoms with Gasteiger partial charge in [0, 0.05) is 13.1 Å². The Morgan fingerprint density at radius 3 is 2.45 bits per heavy atom. The Bertz CT molecular complexity index is 398. The van der Waals surface area contributed by atoms with E-state index < -0.39 is 18.6 Å². The molecule has 1 aromatic rings. The Morgan fingerprint density at radius 1 is 1.15 bits per heavy atom. The minimum Gasteiger partial charge on any atom is -0.370 e. The van der Waals surface area contributed by atoms with Crippen LogP contribution in [-0.2, 0) is 4.74 Å². The Balaban J connectivity index is 2.55. The molecular weight excluding hydrogens is 276 g/mol. The Morgan fingerprint density at radius 2 is 1.85 bits per heavy atom. The summed E-state index contributed by atoms with van der Waals surface area (Å²) in [5.74, 6) is -0.416. The number of hydrogen-bond acceptors (Lipinski definition) is 3. The second-order valence-corrected chi connectivity index (χ2v) is 4.25. The number of alkyl halides is 3. The Kier molecular flexibility index (Phi) is 6.74. The first-order valence-corrected chi connectivity index (χ1v) is 6.28. The van der Waals surface area contributed by atoms with Crippen LogP contribution in [0.2, 0.25) is 0 Å². The lowest BCUT2D eigenvalue weighted by atomic mass is 10.2. The molecule has 0 aliphatic rings. The summed E-state index contributed by atoms with van der Waals surface area (Å²) in [6.07, 6.45) is -3.73. The highest BCUT2D eigenvalue weighted by Gasteiger charge is 2.27. The molecule has 3 nitrogen and oxygen atoms in total. The molecule has 114 valence electrons. The van der Waals surface area contributed by atoms with E-state index in [1.54, 1.807) is 23.1 Å². The monoisotopic (exact) mass is 294 g/mol. The van der Waals surface area contributed by atoms with Gasteiger partial charge in [0.05, 0.1) is 12.3 Å². The number of nitrogens with two attached hydrogens (primary N) is 1. The van der Waals surface area contributed by atoms with Crippen LogP contribution in [0.25, 0.3) is 0 Å². The molecule has 0 heterocycles. The summed E-state index contributed by atoms with van der Waals surface area (Å²) in [6.45, 7) is -0.356. The molecule has 0 aliphatic heterocycles. The summed E-state index contributed by atoms with van der Waals surface area (Å²) < 4.78 is 54.1. The highest BCUT2D eigenvalue weighted by molar-refractivity contribution is 5.47. The average Bonchev–Trinajstić information content (AvgIpc) is 2.38. The van der Waals surface area contributed by atoms with Crippen molar-refractivity contribution in [3.63, 3.8) is 0 Å². The molecule has 2 N–H and O–H groups in total. The van der Waals surface area contributed by atoms with E-state index in [2.05, 4.69) is 4.74 Å². The van der Waals surface area contributed by atoms with Crippen LogP contribution in [0.3, 0.4) is 0 Å². The molecule has 0 bridgehead atoms. The minimum atomic E-state index is -4.35. The van der Waals surface area contributed by atoms with Gasteiger partial charge in [-0.2, -0.15) is 13.2 Å². The number of rotatable bonds is 8. The van der Waals surface area contributed by atoms with Gasteiger partial charge in [-0.05, 0) is 25.1 Å². The fourth-order valence-corrected chi connectivity index (χ4v) is 1.71. The number of para-hydroxylation sites is 1. The maximum absolute atomic E-state index is 13.7. The van der Waals surface area contributed by atoms with Crippen LogP contribution >= 0.6 is 0 Å². The van der Waals surface area contributed by atoms with E-state index in [0.29, 0.717) is 25.2 Å². The number of nitrogens with zero attached hydrogens (tertiary/aromatic N) is 1. The van der Waals surface area contributed by atoms with E-state index >= 15 is 0 Å². The minimum absolute atomic E-state index is 0.127. The van der Waals surface area contributed by atoms with Gasteiger partial charge in [-0.25, -0.2) is 4.39 Å². The van der Waals surface area contributed by atoms with Gasteiger partial charge < -0.3 is 15.4 Å². The van der Waals surface area contributed by atoms with Gasteiger partial charge in [-0.15, -0.1) is 0 Å². The normalized spacial score (nSPS) is 11.7. The van der Waals surface area contributed by atoms with E-state index in [-0.39, 0.29) is 13.2 Å². The molecule has 0 amide bonds. The predicted molar refractivity (Wildman–Crippen MR) is 69.2 cm³/mol. The van der Waals surface area contributed by atoms with Crippen molar-refractivity contribution in [2.75, 3.05) is 37.7 Å². The van der Waals surface area contributed by atoms with Crippen LogP contribution < -0.4 is 10.6 Å². The predicted octanol–water partition coefficient (Wildman–Crippen LogP) is 2.56. The standard InChI is InChI=1S/C13H18F4N2O/c14-11-4-1-2-5-12(11)19(7-3-6-18)8-9-20-10-13(15,16)17/h1-2,4-5H,3,6-10,18H2. The van der Waals surface area contributed by atoms with E-state index in [4.69, 9.17) is 5.73 Å². The number of halogens is 4. The first-order chi connectivity index (χ1) is 9.44. The maximum atomic E-state index is 13.7. The van der Waals surface area contributed by atoms with Crippen molar-refractivity contribution in [1.82, 2.24) is 0 Å². The number of ether oxygens (including phenoxy) is 1. The zero-order chi connectivity index (χ0) is 15.0. The largest absolute Gasteiger partial charge is 0.411 e. The molecule has 0 saturated carbocycles. The van der Waals surface area contributed by atoms with Gasteiger partial charge in [0.25, 0.3) is 0 Å². The third-order valence-electron chi connectivity index (χ3n) is 2.60. The summed E-state index contributed by atoms with van der Waals surface area (Å²) in [7, 11) is 0. The molecular formula is C13H18F4N2O. The summed E-state index contributed by atoms with van der Waals surface area (Å²) in [5, 5.41) is 0. The molecule has 0 aromatic heterocycles. The molecule has 7 heteroatoms. The quantitative estimate of drug-likeness (QED) is 0.591. The third-order valence-corrected chi connectivity index (χ3v) is 2.60. The van der Waals surface area contributed by atoms with Gasteiger partial charge in [-0.1, -0.05) is 12.1 Å². The second-order valence-electron chi connectivity index (χ2n) is 4.25. The summed E-state index contributed by atoms with van der Waals surface area (Å²) in [4.78, 5) is 1.64. The van der Waals surface area contributed by atoms with E-state index in [0.717, 1.165) is 0 Å². The molecule has 1 rings (SSSR count). The van der Waals surface area contributed by atoms with Crippen molar-refractivity contribution in [3.8, 4) is 0 Å². The van der Waals surface area contributed by atoms with Crippen LogP contribution in [0.1, 0.15) is 6.42 Å². The van der Waals surface area contributed by atoms with E-state index in [1.165, 1.54) is 6.07 Å². The van der Waals surface area contributed by atoms with E-state index in [9.17, 15) is 17.6 Å². The van der Waals surface area contributed by atoms with Crippen molar-refractivity contribution in [1.29, 1.82) is 0 Å². The van der Waals surface area contributed by atoms with Gasteiger partial charge in [0.2, 0.25) is 0 Å². The highest BCUT2D eigenvalue weighted by Crippen LogP contribution is 2.19. The molecule has 0 spiro atoms. The lowest BCUT2D eigenvalue weighted by Crippen LogP contribution is -2.31. The molecule has 0 fully saturated rings. The maximum Gasteiger partial charge on any atom is 0.411 e. The fourth-order valence-electron chi connectivity index (χ4n) is 1.71. The van der Waals surface area contributed by atoms with Gasteiger partial charge in [0.15, 0.2) is 0 Å². The van der Waals surface area contributed by atoms with Gasteiger partial charge in [-0.3, -0.25) is 0 Å². The highest BCUT2D eigenvalue weighted by atomic mass is 19.4. The molecule has 0 saturated heterocycles. The summed E-state index contributed by atoms with van der Waals surface area (Å²) in [6, 6.07) is 6.11. The van der Waals surface area contributed by atoms with E-state index in [1.807, 2.05) is 0 Å². The number of anilines is 1. The van der Waals surface area contributed by atoms with Crippen LogP contribution in [0.5, 0.6) is 0 Å². The zero-order valence-corrected chi connectivity index (χ0v) is 11.0.